The van der Waals surface area contributed by atoms with Gasteiger partial charge >= 0.3 is 0 Å². The van der Waals surface area contributed by atoms with Crippen molar-refractivity contribution in [2.75, 3.05) is 5.73 Å². The average molecular weight is 322 g/mol. The number of nitrogen functional groups attached to an aromatic ring is 1. The van der Waals surface area contributed by atoms with Crippen molar-refractivity contribution in [2.45, 2.75) is 6.92 Å². The minimum atomic E-state index is -0.375. The molecule has 3 nitrogen and oxygen atoms in total. The van der Waals surface area contributed by atoms with Crippen LogP contribution in [0.2, 0.25) is 5.02 Å². The Morgan fingerprint density at radius 3 is 2.67 bits per heavy atom. The summed E-state index contributed by atoms with van der Waals surface area (Å²) in [7, 11) is 1.78. The van der Waals surface area contributed by atoms with Gasteiger partial charge in [0.25, 0.3) is 0 Å². The zero-order valence-electron chi connectivity index (χ0n) is 11.5. The predicted octanol–water partition coefficient (Wildman–Crippen LogP) is 4.50. The van der Waals surface area contributed by atoms with Crippen molar-refractivity contribution in [1.82, 2.24) is 9.78 Å². The highest BCUT2D eigenvalue weighted by atomic mass is 35.5. The summed E-state index contributed by atoms with van der Waals surface area (Å²) in [4.78, 5) is 0. The van der Waals surface area contributed by atoms with Crippen LogP contribution in [0.25, 0.3) is 22.4 Å². The smallest absolute Gasteiger partial charge is 0.129 e. The summed E-state index contributed by atoms with van der Waals surface area (Å²) < 4.78 is 14.9. The average Bonchev–Trinajstić information content (AvgIpc) is 2.96. The van der Waals surface area contributed by atoms with E-state index in [1.807, 2.05) is 12.3 Å². The van der Waals surface area contributed by atoms with Gasteiger partial charge in [0, 0.05) is 23.6 Å². The van der Waals surface area contributed by atoms with E-state index in [2.05, 4.69) is 10.5 Å². The van der Waals surface area contributed by atoms with E-state index in [1.165, 1.54) is 12.1 Å². The third kappa shape index (κ3) is 2.32. The van der Waals surface area contributed by atoms with Crippen LogP contribution >= 0.6 is 22.9 Å². The summed E-state index contributed by atoms with van der Waals surface area (Å²) in [6, 6.07) is 4.29. The molecule has 0 atom stereocenters. The van der Waals surface area contributed by atoms with Crippen LogP contribution in [0.5, 0.6) is 0 Å². The van der Waals surface area contributed by atoms with E-state index in [1.54, 1.807) is 29.1 Å². The molecular weight excluding hydrogens is 309 g/mol. The number of hydrogen-bond donors (Lipinski definition) is 1. The van der Waals surface area contributed by atoms with Gasteiger partial charge in [-0.3, -0.25) is 4.68 Å². The standard InChI is InChI=1S/C15H13ClFN3S/c1-8-6-21-7-11(8)14-13(15(18)20(2)19-14)10-4-3-9(17)5-12(10)16/h3-7H,18H2,1-2H3. The van der Waals surface area contributed by atoms with Gasteiger partial charge in [0.1, 0.15) is 17.3 Å². The van der Waals surface area contributed by atoms with Crippen LogP contribution in [0, 0.1) is 12.7 Å². The SMILES string of the molecule is Cc1cscc1-c1nn(C)c(N)c1-c1ccc(F)cc1Cl. The van der Waals surface area contributed by atoms with E-state index in [9.17, 15) is 4.39 Å². The Hall–Kier alpha value is -1.85. The number of thiophene rings is 1. The van der Waals surface area contributed by atoms with Crippen LogP contribution < -0.4 is 5.73 Å². The van der Waals surface area contributed by atoms with Gasteiger partial charge in [0.05, 0.1) is 10.6 Å². The highest BCUT2D eigenvalue weighted by Gasteiger charge is 2.21. The molecule has 2 aromatic heterocycles. The van der Waals surface area contributed by atoms with Crippen molar-refractivity contribution < 1.29 is 4.39 Å². The molecule has 108 valence electrons. The molecular formula is C15H13ClFN3S. The van der Waals surface area contributed by atoms with Gasteiger partial charge in [0.2, 0.25) is 0 Å². The summed E-state index contributed by atoms with van der Waals surface area (Å²) in [6.45, 7) is 2.02. The topological polar surface area (TPSA) is 43.8 Å². The third-order valence-electron chi connectivity index (χ3n) is 3.40. The van der Waals surface area contributed by atoms with Crippen molar-refractivity contribution in [3.05, 3.63) is 45.4 Å². The van der Waals surface area contributed by atoms with Crippen molar-refractivity contribution in [3.8, 4) is 22.4 Å². The van der Waals surface area contributed by atoms with Crippen molar-refractivity contribution in [3.63, 3.8) is 0 Å². The molecule has 0 aliphatic rings. The Labute approximate surface area is 130 Å². The number of aryl methyl sites for hydroxylation is 2. The summed E-state index contributed by atoms with van der Waals surface area (Å²) in [5, 5.41) is 8.90. The molecule has 3 rings (SSSR count). The molecule has 6 heteroatoms. The first-order valence-electron chi connectivity index (χ1n) is 6.30. The fraction of sp³-hybridized carbons (Fsp3) is 0.133. The van der Waals surface area contributed by atoms with E-state index in [0.29, 0.717) is 16.4 Å². The largest absolute Gasteiger partial charge is 0.383 e. The monoisotopic (exact) mass is 321 g/mol. The lowest BCUT2D eigenvalue weighted by atomic mass is 10.0. The maximum Gasteiger partial charge on any atom is 0.129 e. The molecule has 0 unspecified atom stereocenters. The van der Waals surface area contributed by atoms with Crippen molar-refractivity contribution in [1.29, 1.82) is 0 Å². The number of nitrogens with zero attached hydrogens (tertiary/aromatic N) is 2. The second-order valence-corrected chi connectivity index (χ2v) is 5.98. The minimum Gasteiger partial charge on any atom is -0.383 e. The van der Waals surface area contributed by atoms with E-state index >= 15 is 0 Å². The molecule has 0 aliphatic heterocycles. The van der Waals surface area contributed by atoms with Crippen LogP contribution in [0.1, 0.15) is 5.56 Å². The van der Waals surface area contributed by atoms with Gasteiger partial charge in [-0.15, -0.1) is 0 Å². The van der Waals surface area contributed by atoms with E-state index in [0.717, 1.165) is 22.4 Å². The molecule has 2 N–H and O–H groups in total. The van der Waals surface area contributed by atoms with Crippen LogP contribution in [-0.4, -0.2) is 9.78 Å². The molecule has 1 aromatic carbocycles. The quantitative estimate of drug-likeness (QED) is 0.755. The van der Waals surface area contributed by atoms with E-state index < -0.39 is 0 Å². The van der Waals surface area contributed by atoms with Crippen LogP contribution in [0.3, 0.4) is 0 Å². The number of benzene rings is 1. The first-order valence-corrected chi connectivity index (χ1v) is 7.62. The van der Waals surface area contributed by atoms with E-state index in [-0.39, 0.29) is 5.82 Å². The van der Waals surface area contributed by atoms with Crippen molar-refractivity contribution >= 4 is 28.8 Å². The minimum absolute atomic E-state index is 0.323. The molecule has 3 aromatic rings. The molecule has 0 fully saturated rings. The Balaban J connectivity index is 2.30. The number of hydrogen-bond acceptors (Lipinski definition) is 3. The summed E-state index contributed by atoms with van der Waals surface area (Å²) in [5.74, 6) is 0.128. The predicted molar refractivity (Wildman–Crippen MR) is 86.1 cm³/mol. The fourth-order valence-corrected chi connectivity index (χ4v) is 3.38. The summed E-state index contributed by atoms with van der Waals surface area (Å²) >= 11 is 7.79. The lowest BCUT2D eigenvalue weighted by Gasteiger charge is -2.06. The first-order chi connectivity index (χ1) is 9.99. The lowest BCUT2D eigenvalue weighted by Crippen LogP contribution is -1.98. The number of nitrogens with two attached hydrogens (primary N) is 1. The van der Waals surface area contributed by atoms with Crippen LogP contribution in [0.15, 0.2) is 29.0 Å². The van der Waals surface area contributed by atoms with Gasteiger partial charge in [-0.05, 0) is 36.1 Å². The number of halogens is 2. The first kappa shape index (κ1) is 14.1. The number of anilines is 1. The molecule has 0 radical (unpaired) electrons. The summed E-state index contributed by atoms with van der Waals surface area (Å²) in [5.41, 5.74) is 10.5. The maximum absolute atomic E-state index is 13.3. The zero-order valence-corrected chi connectivity index (χ0v) is 13.1. The highest BCUT2D eigenvalue weighted by molar-refractivity contribution is 7.08. The Bertz CT molecular complexity index is 822. The molecule has 0 saturated heterocycles. The van der Waals surface area contributed by atoms with Crippen molar-refractivity contribution in [2.24, 2.45) is 7.05 Å². The van der Waals surface area contributed by atoms with Gasteiger partial charge in [-0.2, -0.15) is 16.4 Å². The van der Waals surface area contributed by atoms with Crippen LogP contribution in [0.4, 0.5) is 10.2 Å². The fourth-order valence-electron chi connectivity index (χ4n) is 2.29. The lowest BCUT2D eigenvalue weighted by molar-refractivity contribution is 0.628. The summed E-state index contributed by atoms with van der Waals surface area (Å²) in [6.07, 6.45) is 0. The molecule has 0 aliphatic carbocycles. The second kappa shape index (κ2) is 5.16. The second-order valence-electron chi connectivity index (χ2n) is 4.83. The van der Waals surface area contributed by atoms with Gasteiger partial charge in [-0.1, -0.05) is 11.6 Å². The molecule has 21 heavy (non-hydrogen) atoms. The normalized spacial score (nSPS) is 11.0. The van der Waals surface area contributed by atoms with Gasteiger partial charge < -0.3 is 5.73 Å². The number of rotatable bonds is 2. The Morgan fingerprint density at radius 1 is 1.29 bits per heavy atom. The highest BCUT2D eigenvalue weighted by Crippen LogP contribution is 2.41. The molecule has 0 amide bonds. The molecule has 0 spiro atoms. The van der Waals surface area contributed by atoms with Gasteiger partial charge in [-0.25, -0.2) is 4.39 Å². The van der Waals surface area contributed by atoms with Gasteiger partial charge in [0.15, 0.2) is 0 Å². The Kier molecular flexibility index (Phi) is 3.47. The zero-order chi connectivity index (χ0) is 15.1. The van der Waals surface area contributed by atoms with E-state index in [4.69, 9.17) is 17.3 Å². The Morgan fingerprint density at radius 2 is 2.05 bits per heavy atom. The van der Waals surface area contributed by atoms with Crippen LogP contribution in [-0.2, 0) is 7.05 Å². The molecule has 2 heterocycles. The maximum atomic E-state index is 13.3. The molecule has 0 bridgehead atoms. The molecule has 0 saturated carbocycles. The number of aromatic nitrogens is 2. The third-order valence-corrected chi connectivity index (χ3v) is 4.58.